The number of halogens is 1. The van der Waals surface area contributed by atoms with Crippen molar-refractivity contribution in [2.75, 3.05) is 25.0 Å². The number of aromatic nitrogens is 1. The van der Waals surface area contributed by atoms with E-state index in [9.17, 15) is 4.79 Å². The van der Waals surface area contributed by atoms with Crippen LogP contribution in [0.15, 0.2) is 12.1 Å². The molecular weight excluding hydrogens is 274 g/mol. The predicted molar refractivity (Wildman–Crippen MR) is 82.3 cm³/mol. The van der Waals surface area contributed by atoms with Gasteiger partial charge in [0.1, 0.15) is 11.0 Å². The van der Waals surface area contributed by atoms with E-state index in [1.165, 1.54) is 12.8 Å². The zero-order valence-corrected chi connectivity index (χ0v) is 12.9. The number of nitrogens with one attached hydrogen (secondary N) is 1. The molecule has 1 heterocycles. The number of nitrogens with zero attached hydrogens (tertiary/aromatic N) is 2. The minimum absolute atomic E-state index is 0.0447. The van der Waals surface area contributed by atoms with Gasteiger partial charge in [0.05, 0.1) is 0 Å². The summed E-state index contributed by atoms with van der Waals surface area (Å²) in [5.74, 6) is 1.40. The molecule has 0 aliphatic heterocycles. The summed E-state index contributed by atoms with van der Waals surface area (Å²) in [6, 6.07) is 3.44. The highest BCUT2D eigenvalue weighted by molar-refractivity contribution is 6.29. The Labute approximate surface area is 125 Å². The van der Waals surface area contributed by atoms with E-state index in [4.69, 9.17) is 11.6 Å². The lowest BCUT2D eigenvalue weighted by Gasteiger charge is -2.21. The second kappa shape index (κ2) is 6.93. The molecule has 0 saturated heterocycles. The van der Waals surface area contributed by atoms with Crippen molar-refractivity contribution in [1.29, 1.82) is 0 Å². The van der Waals surface area contributed by atoms with Crippen LogP contribution in [-0.4, -0.2) is 35.4 Å². The molecule has 1 saturated carbocycles. The summed E-state index contributed by atoms with van der Waals surface area (Å²) in [5, 5.41) is 3.53. The Bertz CT molecular complexity index is 474. The van der Waals surface area contributed by atoms with Crippen LogP contribution in [0.3, 0.4) is 0 Å². The molecule has 1 aromatic heterocycles. The Hall–Kier alpha value is -1.29. The van der Waals surface area contributed by atoms with Crippen LogP contribution in [0.25, 0.3) is 0 Å². The zero-order chi connectivity index (χ0) is 14.5. The van der Waals surface area contributed by atoms with E-state index in [0.717, 1.165) is 26.1 Å². The van der Waals surface area contributed by atoms with Crippen molar-refractivity contribution in [3.63, 3.8) is 0 Å². The second-order valence-electron chi connectivity index (χ2n) is 5.28. The first kappa shape index (κ1) is 15.1. The topological polar surface area (TPSA) is 45.2 Å². The number of carbonyl (C=O) groups excluding carboxylic acids is 1. The molecule has 110 valence electrons. The van der Waals surface area contributed by atoms with Crippen molar-refractivity contribution in [2.24, 2.45) is 5.92 Å². The molecule has 1 aliphatic carbocycles. The van der Waals surface area contributed by atoms with E-state index < -0.39 is 0 Å². The first-order valence-corrected chi connectivity index (χ1v) is 7.72. The molecule has 4 nitrogen and oxygen atoms in total. The molecule has 1 amide bonds. The van der Waals surface area contributed by atoms with Crippen molar-refractivity contribution in [3.8, 4) is 0 Å². The van der Waals surface area contributed by atoms with Crippen LogP contribution in [0.1, 0.15) is 43.5 Å². The highest BCUT2D eigenvalue weighted by Crippen LogP contribution is 2.30. The first-order valence-electron chi connectivity index (χ1n) is 7.34. The molecule has 1 aliphatic rings. The largest absolute Gasteiger partial charge is 0.370 e. The van der Waals surface area contributed by atoms with Crippen LogP contribution >= 0.6 is 11.6 Å². The maximum atomic E-state index is 12.5. The van der Waals surface area contributed by atoms with E-state index in [0.29, 0.717) is 22.5 Å². The molecule has 0 aromatic carbocycles. The summed E-state index contributed by atoms with van der Waals surface area (Å²) in [7, 11) is 0. The van der Waals surface area contributed by atoms with E-state index in [2.05, 4.69) is 17.2 Å². The third kappa shape index (κ3) is 4.10. The van der Waals surface area contributed by atoms with E-state index in [1.54, 1.807) is 12.1 Å². The molecule has 0 atom stereocenters. The monoisotopic (exact) mass is 295 g/mol. The number of hydrogen-bond acceptors (Lipinski definition) is 3. The van der Waals surface area contributed by atoms with Gasteiger partial charge in [-0.15, -0.1) is 0 Å². The molecule has 5 heteroatoms. The standard InChI is InChI=1S/C15H22ClN3O/c1-3-7-17-14-9-12(8-13(16)18-14)15(20)19(4-2)10-11-5-6-11/h8-9,11H,3-7,10H2,1-2H3,(H,17,18). The molecule has 0 spiro atoms. The van der Waals surface area contributed by atoms with Crippen LogP contribution < -0.4 is 5.32 Å². The average molecular weight is 296 g/mol. The van der Waals surface area contributed by atoms with Gasteiger partial charge < -0.3 is 10.2 Å². The zero-order valence-electron chi connectivity index (χ0n) is 12.2. The number of hydrogen-bond donors (Lipinski definition) is 1. The minimum Gasteiger partial charge on any atom is -0.370 e. The smallest absolute Gasteiger partial charge is 0.254 e. The van der Waals surface area contributed by atoms with Gasteiger partial charge in [0.15, 0.2) is 0 Å². The normalized spacial score (nSPS) is 14.2. The lowest BCUT2D eigenvalue weighted by molar-refractivity contribution is 0.0757. The molecule has 2 rings (SSSR count). The first-order chi connectivity index (χ1) is 9.63. The fourth-order valence-corrected chi connectivity index (χ4v) is 2.32. The van der Waals surface area contributed by atoms with Crippen LogP contribution in [0, 0.1) is 5.92 Å². The van der Waals surface area contributed by atoms with Crippen LogP contribution in [-0.2, 0) is 0 Å². The average Bonchev–Trinajstić information content (AvgIpc) is 3.25. The molecular formula is C15H22ClN3O. The van der Waals surface area contributed by atoms with Gasteiger partial charge in [0, 0.05) is 25.2 Å². The third-order valence-electron chi connectivity index (χ3n) is 3.44. The molecule has 0 radical (unpaired) electrons. The van der Waals surface area contributed by atoms with E-state index in [1.807, 2.05) is 11.8 Å². The van der Waals surface area contributed by atoms with Gasteiger partial charge in [-0.25, -0.2) is 4.98 Å². The van der Waals surface area contributed by atoms with Gasteiger partial charge in [0.2, 0.25) is 0 Å². The molecule has 1 N–H and O–H groups in total. The van der Waals surface area contributed by atoms with Crippen LogP contribution in [0.4, 0.5) is 5.82 Å². The quantitative estimate of drug-likeness (QED) is 0.784. The Balaban J connectivity index is 2.12. The molecule has 1 fully saturated rings. The Kier molecular flexibility index (Phi) is 5.24. The highest BCUT2D eigenvalue weighted by atomic mass is 35.5. The van der Waals surface area contributed by atoms with Gasteiger partial charge in [-0.1, -0.05) is 18.5 Å². The number of carbonyl (C=O) groups is 1. The van der Waals surface area contributed by atoms with Gasteiger partial charge in [-0.3, -0.25) is 4.79 Å². The van der Waals surface area contributed by atoms with Crippen molar-refractivity contribution in [2.45, 2.75) is 33.1 Å². The molecule has 0 unspecified atom stereocenters. The Morgan fingerprint density at radius 2 is 2.20 bits per heavy atom. The van der Waals surface area contributed by atoms with Crippen LogP contribution in [0.2, 0.25) is 5.15 Å². The summed E-state index contributed by atoms with van der Waals surface area (Å²) in [5.41, 5.74) is 0.617. The summed E-state index contributed by atoms with van der Waals surface area (Å²) in [6.45, 7) is 6.50. The third-order valence-corrected chi connectivity index (χ3v) is 3.64. The van der Waals surface area contributed by atoms with Crippen molar-refractivity contribution in [3.05, 3.63) is 22.8 Å². The van der Waals surface area contributed by atoms with Gasteiger partial charge in [0.25, 0.3) is 5.91 Å². The summed E-state index contributed by atoms with van der Waals surface area (Å²) in [6.07, 6.45) is 3.48. The lowest BCUT2D eigenvalue weighted by atomic mass is 10.2. The summed E-state index contributed by atoms with van der Waals surface area (Å²) < 4.78 is 0. The van der Waals surface area contributed by atoms with Gasteiger partial charge in [-0.05, 0) is 44.2 Å². The predicted octanol–water partition coefficient (Wildman–Crippen LogP) is 3.43. The van der Waals surface area contributed by atoms with E-state index >= 15 is 0 Å². The fourth-order valence-electron chi connectivity index (χ4n) is 2.11. The highest BCUT2D eigenvalue weighted by Gasteiger charge is 2.26. The number of pyridine rings is 1. The fraction of sp³-hybridized carbons (Fsp3) is 0.600. The van der Waals surface area contributed by atoms with E-state index in [-0.39, 0.29) is 5.91 Å². The van der Waals surface area contributed by atoms with Crippen molar-refractivity contribution >= 4 is 23.3 Å². The Morgan fingerprint density at radius 1 is 1.45 bits per heavy atom. The van der Waals surface area contributed by atoms with Gasteiger partial charge >= 0.3 is 0 Å². The van der Waals surface area contributed by atoms with Crippen molar-refractivity contribution in [1.82, 2.24) is 9.88 Å². The molecule has 1 aromatic rings. The second-order valence-corrected chi connectivity index (χ2v) is 5.66. The van der Waals surface area contributed by atoms with Crippen LogP contribution in [0.5, 0.6) is 0 Å². The number of rotatable bonds is 7. The molecule has 20 heavy (non-hydrogen) atoms. The lowest BCUT2D eigenvalue weighted by Crippen LogP contribution is -2.32. The number of amides is 1. The summed E-state index contributed by atoms with van der Waals surface area (Å²) >= 11 is 6.02. The Morgan fingerprint density at radius 3 is 2.80 bits per heavy atom. The van der Waals surface area contributed by atoms with Gasteiger partial charge in [-0.2, -0.15) is 0 Å². The minimum atomic E-state index is 0.0447. The number of anilines is 1. The maximum absolute atomic E-state index is 12.5. The molecule has 0 bridgehead atoms. The van der Waals surface area contributed by atoms with Crippen molar-refractivity contribution < 1.29 is 4.79 Å². The maximum Gasteiger partial charge on any atom is 0.254 e. The SMILES string of the molecule is CCCNc1cc(C(=O)N(CC)CC2CC2)cc(Cl)n1. The summed E-state index contributed by atoms with van der Waals surface area (Å²) in [4.78, 5) is 18.6.